The van der Waals surface area contributed by atoms with Gasteiger partial charge in [0.25, 0.3) is 0 Å². The molecule has 1 atom stereocenters. The summed E-state index contributed by atoms with van der Waals surface area (Å²) in [5.41, 5.74) is 0.160. The topological polar surface area (TPSA) is 36.7 Å². The summed E-state index contributed by atoms with van der Waals surface area (Å²) in [5.74, 6) is 0.0560. The first-order chi connectivity index (χ1) is 8.64. The van der Waals surface area contributed by atoms with Crippen LogP contribution in [0, 0.1) is 12.0 Å². The van der Waals surface area contributed by atoms with E-state index in [0.29, 0.717) is 6.54 Å². The minimum Gasteiger partial charge on any atom is -0.303 e. The zero-order valence-corrected chi connectivity index (χ0v) is 12.9. The minimum atomic E-state index is -0.236. The highest BCUT2D eigenvalue weighted by Crippen LogP contribution is 2.26. The lowest BCUT2D eigenvalue weighted by atomic mass is 9.82. The molecular formula is C15H27N3O. The molecular weight excluding hydrogens is 238 g/mol. The molecule has 0 spiro atoms. The molecule has 1 fully saturated rings. The fourth-order valence-electron chi connectivity index (χ4n) is 2.98. The maximum absolute atomic E-state index is 12.1. The van der Waals surface area contributed by atoms with E-state index >= 15 is 0 Å². The SMILES string of the molecule is [C-]#[N+][C@@H]1CCCN1C(=O)CNC(C)(C)CC(C)(C)C. The van der Waals surface area contributed by atoms with Gasteiger partial charge < -0.3 is 5.32 Å². The highest BCUT2D eigenvalue weighted by atomic mass is 16.2. The molecule has 0 aromatic rings. The Morgan fingerprint density at radius 3 is 2.53 bits per heavy atom. The number of hydrogen-bond donors (Lipinski definition) is 1. The average Bonchev–Trinajstić information content (AvgIpc) is 2.70. The van der Waals surface area contributed by atoms with Crippen molar-refractivity contribution in [1.29, 1.82) is 0 Å². The third-order valence-electron chi connectivity index (χ3n) is 3.38. The van der Waals surface area contributed by atoms with E-state index in [0.717, 1.165) is 25.8 Å². The lowest BCUT2D eigenvalue weighted by Crippen LogP contribution is -2.48. The van der Waals surface area contributed by atoms with Crippen molar-refractivity contribution < 1.29 is 4.79 Å². The van der Waals surface area contributed by atoms with Gasteiger partial charge in [-0.15, -0.1) is 0 Å². The fraction of sp³-hybridized carbons (Fsp3) is 0.867. The number of hydrogen-bond acceptors (Lipinski definition) is 2. The Hall–Kier alpha value is -1.08. The molecule has 1 amide bonds. The van der Waals surface area contributed by atoms with Crippen LogP contribution in [0.2, 0.25) is 0 Å². The van der Waals surface area contributed by atoms with Gasteiger partial charge in [0, 0.05) is 18.5 Å². The highest BCUT2D eigenvalue weighted by molar-refractivity contribution is 5.79. The van der Waals surface area contributed by atoms with E-state index in [1.165, 1.54) is 0 Å². The predicted octanol–water partition coefficient (Wildman–Crippen LogP) is 2.66. The summed E-state index contributed by atoms with van der Waals surface area (Å²) < 4.78 is 0. The van der Waals surface area contributed by atoms with Gasteiger partial charge in [-0.05, 0) is 32.1 Å². The molecule has 0 saturated carbocycles. The first-order valence-corrected chi connectivity index (χ1v) is 7.06. The largest absolute Gasteiger partial charge is 0.303 e. The number of amides is 1. The maximum Gasteiger partial charge on any atom is 0.300 e. The molecule has 1 saturated heterocycles. The van der Waals surface area contributed by atoms with Gasteiger partial charge in [-0.3, -0.25) is 14.5 Å². The Morgan fingerprint density at radius 1 is 1.37 bits per heavy atom. The molecule has 1 aliphatic heterocycles. The van der Waals surface area contributed by atoms with Crippen LogP contribution >= 0.6 is 0 Å². The van der Waals surface area contributed by atoms with Crippen LogP contribution in [-0.2, 0) is 4.79 Å². The summed E-state index contributed by atoms with van der Waals surface area (Å²) in [6.45, 7) is 19.0. The van der Waals surface area contributed by atoms with Crippen LogP contribution in [0.1, 0.15) is 53.9 Å². The van der Waals surface area contributed by atoms with E-state index in [1.807, 2.05) is 0 Å². The van der Waals surface area contributed by atoms with Gasteiger partial charge in [0.2, 0.25) is 5.91 Å². The van der Waals surface area contributed by atoms with Gasteiger partial charge in [-0.1, -0.05) is 20.8 Å². The molecule has 4 heteroatoms. The van der Waals surface area contributed by atoms with Crippen molar-refractivity contribution in [3.8, 4) is 0 Å². The van der Waals surface area contributed by atoms with Crippen LogP contribution < -0.4 is 5.32 Å². The van der Waals surface area contributed by atoms with Gasteiger partial charge in [-0.2, -0.15) is 0 Å². The molecule has 1 aliphatic rings. The van der Waals surface area contributed by atoms with Crippen LogP contribution in [0.15, 0.2) is 0 Å². The van der Waals surface area contributed by atoms with Crippen molar-refractivity contribution in [2.75, 3.05) is 13.1 Å². The normalized spacial score (nSPS) is 20.4. The summed E-state index contributed by atoms with van der Waals surface area (Å²) in [4.78, 5) is 17.4. The predicted molar refractivity (Wildman–Crippen MR) is 77.5 cm³/mol. The standard InChI is InChI=1S/C15H27N3O/c1-14(2,3)11-15(4,5)17-10-13(19)18-9-7-8-12(18)16-6/h12,17H,7-11H2,1-5H3/t12-/m0/s1. The number of nitrogens with zero attached hydrogens (tertiary/aromatic N) is 2. The van der Waals surface area contributed by atoms with Crippen molar-refractivity contribution in [2.45, 2.75) is 65.6 Å². The Morgan fingerprint density at radius 2 is 2.00 bits per heavy atom. The monoisotopic (exact) mass is 265 g/mol. The van der Waals surface area contributed by atoms with Gasteiger partial charge in [0.05, 0.1) is 6.54 Å². The number of carbonyl (C=O) groups is 1. The van der Waals surface area contributed by atoms with Crippen LogP contribution in [-0.4, -0.2) is 35.6 Å². The number of carbonyl (C=O) groups excluding carboxylic acids is 1. The number of likely N-dealkylation sites (tertiary alicyclic amines) is 1. The summed E-state index contributed by atoms with van der Waals surface area (Å²) in [5, 5.41) is 3.34. The Kier molecular flexibility index (Phi) is 4.98. The molecule has 0 bridgehead atoms. The summed E-state index contributed by atoms with van der Waals surface area (Å²) in [6.07, 6.45) is 2.53. The molecule has 0 aliphatic carbocycles. The van der Waals surface area contributed by atoms with E-state index < -0.39 is 0 Å². The third-order valence-corrected chi connectivity index (χ3v) is 3.38. The molecule has 19 heavy (non-hydrogen) atoms. The summed E-state index contributed by atoms with van der Waals surface area (Å²) in [6, 6.07) is 0. The molecule has 1 N–H and O–H groups in total. The third kappa shape index (κ3) is 5.20. The van der Waals surface area contributed by atoms with E-state index in [1.54, 1.807) is 4.90 Å². The Labute approximate surface area is 117 Å². The number of nitrogens with one attached hydrogen (secondary N) is 1. The zero-order chi connectivity index (χ0) is 14.7. The van der Waals surface area contributed by atoms with Crippen LogP contribution in [0.3, 0.4) is 0 Å². The van der Waals surface area contributed by atoms with Crippen LogP contribution in [0.5, 0.6) is 0 Å². The molecule has 0 aromatic carbocycles. The molecule has 0 aromatic heterocycles. The molecule has 0 radical (unpaired) electrons. The van der Waals surface area contributed by atoms with Crippen molar-refractivity contribution in [3.63, 3.8) is 0 Å². The highest BCUT2D eigenvalue weighted by Gasteiger charge is 2.33. The second-order valence-electron chi connectivity index (χ2n) is 7.31. The second kappa shape index (κ2) is 5.92. The summed E-state index contributed by atoms with van der Waals surface area (Å²) in [7, 11) is 0. The van der Waals surface area contributed by atoms with Gasteiger partial charge in [-0.25, -0.2) is 6.57 Å². The van der Waals surface area contributed by atoms with Crippen molar-refractivity contribution in [1.82, 2.24) is 10.2 Å². The van der Waals surface area contributed by atoms with E-state index in [2.05, 4.69) is 44.8 Å². The molecule has 108 valence electrons. The lowest BCUT2D eigenvalue weighted by molar-refractivity contribution is -0.130. The maximum atomic E-state index is 12.1. The van der Waals surface area contributed by atoms with E-state index in [9.17, 15) is 4.79 Å². The lowest BCUT2D eigenvalue weighted by Gasteiger charge is -2.33. The van der Waals surface area contributed by atoms with Crippen molar-refractivity contribution >= 4 is 5.91 Å². The van der Waals surface area contributed by atoms with E-state index in [-0.39, 0.29) is 23.0 Å². The van der Waals surface area contributed by atoms with Gasteiger partial charge in [0.15, 0.2) is 0 Å². The Bertz CT molecular complexity index is 363. The van der Waals surface area contributed by atoms with Crippen molar-refractivity contribution in [3.05, 3.63) is 11.4 Å². The van der Waals surface area contributed by atoms with Crippen molar-refractivity contribution in [2.24, 2.45) is 5.41 Å². The quantitative estimate of drug-likeness (QED) is 0.793. The smallest absolute Gasteiger partial charge is 0.300 e. The first-order valence-electron chi connectivity index (χ1n) is 7.06. The molecule has 1 rings (SSSR count). The molecule has 4 nitrogen and oxygen atoms in total. The minimum absolute atomic E-state index is 0.0560. The second-order valence-corrected chi connectivity index (χ2v) is 7.31. The average molecular weight is 265 g/mol. The van der Waals surface area contributed by atoms with Gasteiger partial charge >= 0.3 is 6.17 Å². The fourth-order valence-corrected chi connectivity index (χ4v) is 2.98. The van der Waals surface area contributed by atoms with Crippen LogP contribution in [0.25, 0.3) is 4.85 Å². The zero-order valence-electron chi connectivity index (χ0n) is 12.9. The molecule has 1 heterocycles. The van der Waals surface area contributed by atoms with Crippen LogP contribution in [0.4, 0.5) is 0 Å². The summed E-state index contributed by atoms with van der Waals surface area (Å²) >= 11 is 0. The Balaban J connectivity index is 2.48. The first kappa shape index (κ1) is 16.0. The van der Waals surface area contributed by atoms with E-state index in [4.69, 9.17) is 6.57 Å². The molecule has 0 unspecified atom stereocenters. The van der Waals surface area contributed by atoms with Gasteiger partial charge in [0.1, 0.15) is 0 Å². The number of rotatable bonds is 4.